The largest absolute Gasteiger partial charge is 0.416 e. The molecule has 0 unspecified atom stereocenters. The zero-order chi connectivity index (χ0) is 34.6. The highest BCUT2D eigenvalue weighted by Crippen LogP contribution is 2.31. The van der Waals surface area contributed by atoms with Crippen LogP contribution in [0.5, 0.6) is 0 Å². The first-order valence-corrected chi connectivity index (χ1v) is 16.7. The van der Waals surface area contributed by atoms with Gasteiger partial charge in [0, 0.05) is 29.9 Å². The van der Waals surface area contributed by atoms with Crippen molar-refractivity contribution in [3.05, 3.63) is 137 Å². The summed E-state index contributed by atoms with van der Waals surface area (Å²) in [6.07, 6.45) is -1.75. The molecular weight excluding hydrogens is 629 g/mol. The number of nitrogens with zero attached hydrogens (tertiary/aromatic N) is 1. The molecule has 1 saturated heterocycles. The van der Waals surface area contributed by atoms with E-state index in [2.05, 4.69) is 45.1 Å². The van der Waals surface area contributed by atoms with Crippen LogP contribution < -0.4 is 16.0 Å². The predicted octanol–water partition coefficient (Wildman–Crippen LogP) is 6.55. The molecular formula is C39H43F3N4O3. The Bertz CT molecular complexity index is 1640. The van der Waals surface area contributed by atoms with Crippen molar-refractivity contribution in [2.75, 3.05) is 31.5 Å². The van der Waals surface area contributed by atoms with E-state index in [0.29, 0.717) is 18.9 Å². The predicted molar refractivity (Wildman–Crippen MR) is 185 cm³/mol. The fraction of sp³-hybridized carbons (Fsp3) is 0.333. The van der Waals surface area contributed by atoms with Crippen LogP contribution in [0.4, 0.5) is 18.9 Å². The lowest BCUT2D eigenvalue weighted by molar-refractivity contribution is -0.137. The van der Waals surface area contributed by atoms with E-state index in [9.17, 15) is 27.9 Å². The highest BCUT2D eigenvalue weighted by molar-refractivity contribution is 6.06. The molecule has 0 aromatic heterocycles. The zero-order valence-corrected chi connectivity index (χ0v) is 27.3. The van der Waals surface area contributed by atoms with E-state index in [1.807, 2.05) is 36.4 Å². The summed E-state index contributed by atoms with van der Waals surface area (Å²) in [6, 6.07) is 29.8. The number of likely N-dealkylation sites (tertiary alicyclic amines) is 1. The van der Waals surface area contributed by atoms with Crippen LogP contribution in [-0.2, 0) is 19.1 Å². The van der Waals surface area contributed by atoms with Crippen molar-refractivity contribution in [3.63, 3.8) is 0 Å². The van der Waals surface area contributed by atoms with E-state index in [1.54, 1.807) is 6.07 Å². The van der Waals surface area contributed by atoms with E-state index >= 15 is 0 Å². The van der Waals surface area contributed by atoms with Crippen molar-refractivity contribution in [1.82, 2.24) is 15.5 Å². The minimum absolute atomic E-state index is 0.0123. The molecule has 2 amide bonds. The lowest BCUT2D eigenvalue weighted by Crippen LogP contribution is -2.49. The Kier molecular flexibility index (Phi) is 12.6. The minimum Gasteiger partial charge on any atom is -0.390 e. The summed E-state index contributed by atoms with van der Waals surface area (Å²) in [6.45, 7) is 4.17. The number of hydrogen-bond acceptors (Lipinski definition) is 5. The molecule has 0 bridgehead atoms. The van der Waals surface area contributed by atoms with E-state index in [-0.39, 0.29) is 16.8 Å². The van der Waals surface area contributed by atoms with E-state index in [0.717, 1.165) is 63.1 Å². The minimum atomic E-state index is -4.55. The molecule has 4 aromatic rings. The number of halogens is 3. The van der Waals surface area contributed by atoms with Crippen molar-refractivity contribution in [2.24, 2.45) is 5.92 Å². The van der Waals surface area contributed by atoms with E-state index < -0.39 is 35.7 Å². The Labute approximate surface area is 285 Å². The van der Waals surface area contributed by atoms with Crippen molar-refractivity contribution >= 4 is 17.5 Å². The maximum atomic E-state index is 13.4. The monoisotopic (exact) mass is 672 g/mol. The number of carbonyl (C=O) groups is 2. The number of benzene rings is 4. The Balaban J connectivity index is 1.14. The smallest absolute Gasteiger partial charge is 0.390 e. The standard InChI is InChI=1S/C39H43F3N4O3/c40-39(41,42)33-15-8-16-34(25-33)44-37(48)31-13-7-14-32(24-31)38(49)45-35(23-29-9-3-1-4-10-29)36(47)26-43-20-17-28-18-21-46(22-19-28)27-30-11-5-2-6-12-30/h1-16,24-25,28,35-36,43,47H,17-23,26-27H2,(H,44,48)(H,45,49)/t35-,36+/m0/s1. The van der Waals surface area contributed by atoms with Gasteiger partial charge in [-0.3, -0.25) is 14.5 Å². The Hall–Kier alpha value is -4.51. The van der Waals surface area contributed by atoms with Gasteiger partial charge in [-0.25, -0.2) is 0 Å². The molecule has 10 heteroatoms. The van der Waals surface area contributed by atoms with Gasteiger partial charge in [-0.2, -0.15) is 13.2 Å². The molecule has 5 rings (SSSR count). The molecule has 1 aliphatic rings. The molecule has 0 radical (unpaired) electrons. The summed E-state index contributed by atoms with van der Waals surface area (Å²) in [5.74, 6) is -0.508. The molecule has 0 saturated carbocycles. The van der Waals surface area contributed by atoms with Gasteiger partial charge in [0.25, 0.3) is 11.8 Å². The molecule has 4 N–H and O–H groups in total. The number of aliphatic hydroxyl groups excluding tert-OH is 1. The highest BCUT2D eigenvalue weighted by Gasteiger charge is 2.30. The summed E-state index contributed by atoms with van der Waals surface area (Å²) in [7, 11) is 0. The van der Waals surface area contributed by atoms with Crippen molar-refractivity contribution in [3.8, 4) is 0 Å². The van der Waals surface area contributed by atoms with Crippen LogP contribution in [0.2, 0.25) is 0 Å². The third-order valence-electron chi connectivity index (χ3n) is 8.95. The third kappa shape index (κ3) is 11.0. The van der Waals surface area contributed by atoms with Crippen LogP contribution in [0, 0.1) is 5.92 Å². The lowest BCUT2D eigenvalue weighted by atomic mass is 9.93. The average Bonchev–Trinajstić information content (AvgIpc) is 3.11. The maximum Gasteiger partial charge on any atom is 0.416 e. The summed E-state index contributed by atoms with van der Waals surface area (Å²) in [5, 5.41) is 20.0. The van der Waals surface area contributed by atoms with Gasteiger partial charge in [0.05, 0.1) is 17.7 Å². The molecule has 2 atom stereocenters. The fourth-order valence-corrected chi connectivity index (χ4v) is 6.15. The molecule has 1 heterocycles. The molecule has 7 nitrogen and oxygen atoms in total. The van der Waals surface area contributed by atoms with Gasteiger partial charge in [-0.15, -0.1) is 0 Å². The Morgan fingerprint density at radius 2 is 1.43 bits per heavy atom. The average molecular weight is 673 g/mol. The van der Waals surface area contributed by atoms with Gasteiger partial charge >= 0.3 is 6.18 Å². The highest BCUT2D eigenvalue weighted by atomic mass is 19.4. The van der Waals surface area contributed by atoms with Gasteiger partial charge in [-0.1, -0.05) is 72.8 Å². The van der Waals surface area contributed by atoms with E-state index in [1.165, 1.54) is 35.9 Å². The first kappa shape index (κ1) is 35.8. The van der Waals surface area contributed by atoms with Crippen molar-refractivity contribution in [1.29, 1.82) is 0 Å². The summed E-state index contributed by atoms with van der Waals surface area (Å²) in [4.78, 5) is 28.8. The molecule has 1 fully saturated rings. The normalized spacial score (nSPS) is 15.3. The van der Waals surface area contributed by atoms with Gasteiger partial charge in [0.2, 0.25) is 0 Å². The van der Waals surface area contributed by atoms with Gasteiger partial charge < -0.3 is 21.1 Å². The van der Waals surface area contributed by atoms with Crippen LogP contribution in [-0.4, -0.2) is 60.1 Å². The molecule has 0 aliphatic carbocycles. The molecule has 4 aromatic carbocycles. The van der Waals surface area contributed by atoms with Gasteiger partial charge in [-0.05, 0) is 98.8 Å². The lowest BCUT2D eigenvalue weighted by Gasteiger charge is -2.32. The summed E-state index contributed by atoms with van der Waals surface area (Å²) >= 11 is 0. The second-order valence-electron chi connectivity index (χ2n) is 12.6. The number of rotatable bonds is 14. The number of amides is 2. The quantitative estimate of drug-likeness (QED) is 0.114. The first-order valence-electron chi connectivity index (χ1n) is 16.7. The third-order valence-corrected chi connectivity index (χ3v) is 8.95. The van der Waals surface area contributed by atoms with Crippen LogP contribution in [0.25, 0.3) is 0 Å². The number of piperidine rings is 1. The molecule has 258 valence electrons. The van der Waals surface area contributed by atoms with Crippen molar-refractivity contribution < 1.29 is 27.9 Å². The zero-order valence-electron chi connectivity index (χ0n) is 27.3. The van der Waals surface area contributed by atoms with Gasteiger partial charge in [0.15, 0.2) is 0 Å². The summed E-state index contributed by atoms with van der Waals surface area (Å²) < 4.78 is 39.4. The number of carbonyl (C=O) groups excluding carboxylic acids is 2. The molecule has 49 heavy (non-hydrogen) atoms. The maximum absolute atomic E-state index is 13.4. The second-order valence-corrected chi connectivity index (χ2v) is 12.6. The SMILES string of the molecule is O=C(Nc1cccc(C(F)(F)F)c1)c1cccc(C(=O)N[C@@H](Cc2ccccc2)[C@H](O)CNCCC2CCN(Cc3ccccc3)CC2)c1. The number of alkyl halides is 3. The Morgan fingerprint density at radius 1 is 0.796 bits per heavy atom. The van der Waals surface area contributed by atoms with Crippen LogP contribution in [0.3, 0.4) is 0 Å². The number of nitrogens with one attached hydrogen (secondary N) is 3. The van der Waals surface area contributed by atoms with E-state index in [4.69, 9.17) is 0 Å². The fourth-order valence-electron chi connectivity index (χ4n) is 6.15. The van der Waals surface area contributed by atoms with Crippen molar-refractivity contribution in [2.45, 2.75) is 50.6 Å². The first-order chi connectivity index (χ1) is 23.6. The topological polar surface area (TPSA) is 93.7 Å². The number of anilines is 1. The molecule has 1 aliphatic heterocycles. The van der Waals surface area contributed by atoms with Gasteiger partial charge in [0.1, 0.15) is 0 Å². The second kappa shape index (κ2) is 17.2. The number of aliphatic hydroxyl groups is 1. The molecule has 0 spiro atoms. The number of hydrogen-bond donors (Lipinski definition) is 4. The summed E-state index contributed by atoms with van der Waals surface area (Å²) in [5.41, 5.74) is 1.69. The van der Waals surface area contributed by atoms with Crippen LogP contribution in [0.15, 0.2) is 109 Å². The van der Waals surface area contributed by atoms with Crippen LogP contribution in [0.1, 0.15) is 56.7 Å². The van der Waals surface area contributed by atoms with Crippen LogP contribution >= 0.6 is 0 Å². The Morgan fingerprint density at radius 3 is 2.10 bits per heavy atom.